The number of carbonyl (C=O) groups is 1. The van der Waals surface area contributed by atoms with Crippen LogP contribution in [0.25, 0.3) is 33.9 Å². The van der Waals surface area contributed by atoms with E-state index < -0.39 is 0 Å². The van der Waals surface area contributed by atoms with Crippen molar-refractivity contribution in [2.24, 2.45) is 13.0 Å². The summed E-state index contributed by atoms with van der Waals surface area (Å²) in [4.78, 5) is 38.2. The first-order valence-corrected chi connectivity index (χ1v) is 12.1. The molecular weight excluding hydrogens is 456 g/mol. The summed E-state index contributed by atoms with van der Waals surface area (Å²) in [5.74, 6) is 1.58. The summed E-state index contributed by atoms with van der Waals surface area (Å²) in [5, 5.41) is 4.04. The van der Waals surface area contributed by atoms with Gasteiger partial charge < -0.3 is 19.3 Å². The lowest BCUT2D eigenvalue weighted by Crippen LogP contribution is -2.39. The van der Waals surface area contributed by atoms with Gasteiger partial charge in [-0.3, -0.25) is 4.79 Å². The molecule has 1 amide bonds. The largest absolute Gasteiger partial charge is 0.463 e. The van der Waals surface area contributed by atoms with Crippen molar-refractivity contribution < 1.29 is 9.21 Å². The number of H-pyrrole nitrogens is 1. The lowest BCUT2D eigenvalue weighted by molar-refractivity contribution is 0.0915. The van der Waals surface area contributed by atoms with E-state index in [1.165, 1.54) is 6.33 Å². The highest BCUT2D eigenvalue weighted by molar-refractivity contribution is 5.92. The predicted molar refractivity (Wildman–Crippen MR) is 133 cm³/mol. The fourth-order valence-corrected chi connectivity index (χ4v) is 5.01. The lowest BCUT2D eigenvalue weighted by Gasteiger charge is -2.29. The minimum atomic E-state index is -0.118. The van der Waals surface area contributed by atoms with Crippen LogP contribution in [-0.2, 0) is 13.5 Å². The van der Waals surface area contributed by atoms with Crippen molar-refractivity contribution in [1.82, 2.24) is 39.8 Å². The number of amides is 1. The van der Waals surface area contributed by atoms with Gasteiger partial charge in [0.05, 0.1) is 12.6 Å². The third-order valence-electron chi connectivity index (χ3n) is 6.70. The summed E-state index contributed by atoms with van der Waals surface area (Å²) in [6, 6.07) is 5.88. The average Bonchev–Trinajstić information content (AvgIpc) is 3.65. The van der Waals surface area contributed by atoms with E-state index in [2.05, 4.69) is 25.3 Å². The molecule has 2 atom stereocenters. The Kier molecular flexibility index (Phi) is 5.76. The second kappa shape index (κ2) is 9.37. The van der Waals surface area contributed by atoms with Gasteiger partial charge in [-0.15, -0.1) is 0 Å². The number of fused-ring (bicyclic) bond motifs is 1. The van der Waals surface area contributed by atoms with Gasteiger partial charge in [0, 0.05) is 48.3 Å². The van der Waals surface area contributed by atoms with Crippen LogP contribution in [0.3, 0.4) is 0 Å². The van der Waals surface area contributed by atoms with Gasteiger partial charge in [0.15, 0.2) is 11.6 Å². The Morgan fingerprint density at radius 2 is 2.22 bits per heavy atom. The summed E-state index contributed by atoms with van der Waals surface area (Å²) in [5.41, 5.74) is 3.73. The number of furan rings is 1. The Morgan fingerprint density at radius 1 is 1.28 bits per heavy atom. The highest BCUT2D eigenvalue weighted by Crippen LogP contribution is 2.31. The van der Waals surface area contributed by atoms with E-state index >= 15 is 0 Å². The number of aryl methyl sites for hydroxylation is 1. The molecular formula is C26H26N8O2. The van der Waals surface area contributed by atoms with E-state index in [4.69, 9.17) is 14.4 Å². The van der Waals surface area contributed by atoms with E-state index in [1.807, 2.05) is 31.4 Å². The second-order valence-electron chi connectivity index (χ2n) is 9.36. The molecule has 0 aliphatic heterocycles. The minimum Gasteiger partial charge on any atom is -0.463 e. The molecule has 5 aromatic heterocycles. The van der Waals surface area contributed by atoms with Crippen LogP contribution in [0.2, 0.25) is 0 Å². The first-order chi connectivity index (χ1) is 17.6. The minimum absolute atomic E-state index is 0.118. The highest BCUT2D eigenvalue weighted by atomic mass is 16.3. The number of hydrogen-bond acceptors (Lipinski definition) is 7. The van der Waals surface area contributed by atoms with Gasteiger partial charge in [0.25, 0.3) is 5.91 Å². The maximum absolute atomic E-state index is 12.6. The van der Waals surface area contributed by atoms with Gasteiger partial charge >= 0.3 is 0 Å². The van der Waals surface area contributed by atoms with Crippen molar-refractivity contribution in [3.8, 4) is 22.8 Å². The number of nitrogens with one attached hydrogen (secondary N) is 2. The molecule has 5 aromatic rings. The topological polar surface area (TPSA) is 127 Å². The van der Waals surface area contributed by atoms with Crippen LogP contribution in [0.5, 0.6) is 0 Å². The van der Waals surface area contributed by atoms with E-state index in [-0.39, 0.29) is 11.9 Å². The van der Waals surface area contributed by atoms with Crippen molar-refractivity contribution in [2.75, 3.05) is 0 Å². The van der Waals surface area contributed by atoms with Gasteiger partial charge in [-0.25, -0.2) is 24.9 Å². The molecule has 1 fully saturated rings. The van der Waals surface area contributed by atoms with Gasteiger partial charge in [0.1, 0.15) is 23.4 Å². The third kappa shape index (κ3) is 4.49. The Hall–Kier alpha value is -4.34. The number of nitrogens with zero attached hydrogens (tertiary/aromatic N) is 6. The fraction of sp³-hybridized carbons (Fsp3) is 0.308. The Labute approximate surface area is 207 Å². The van der Waals surface area contributed by atoms with Crippen LogP contribution in [-0.4, -0.2) is 46.4 Å². The van der Waals surface area contributed by atoms with Crippen molar-refractivity contribution in [3.63, 3.8) is 0 Å². The molecule has 0 saturated heterocycles. The Bertz CT molecular complexity index is 1500. The summed E-state index contributed by atoms with van der Waals surface area (Å²) < 4.78 is 7.43. The number of imidazole rings is 1. The zero-order valence-corrected chi connectivity index (χ0v) is 19.9. The molecule has 10 nitrogen and oxygen atoms in total. The van der Waals surface area contributed by atoms with Crippen molar-refractivity contribution in [2.45, 2.75) is 38.1 Å². The molecule has 6 rings (SSSR count). The van der Waals surface area contributed by atoms with Crippen LogP contribution in [0.1, 0.15) is 41.9 Å². The summed E-state index contributed by atoms with van der Waals surface area (Å²) in [6.07, 6.45) is 15.0. The molecule has 36 heavy (non-hydrogen) atoms. The Morgan fingerprint density at radius 3 is 3.06 bits per heavy atom. The first kappa shape index (κ1) is 22.1. The van der Waals surface area contributed by atoms with Crippen molar-refractivity contribution in [3.05, 3.63) is 67.1 Å². The van der Waals surface area contributed by atoms with Crippen LogP contribution in [0.15, 0.2) is 60.1 Å². The van der Waals surface area contributed by atoms with E-state index in [9.17, 15) is 4.79 Å². The molecule has 182 valence electrons. The van der Waals surface area contributed by atoms with E-state index in [0.29, 0.717) is 23.2 Å². The molecule has 2 N–H and O–H groups in total. The number of hydrogen-bond donors (Lipinski definition) is 2. The fourth-order valence-electron chi connectivity index (χ4n) is 5.01. The van der Waals surface area contributed by atoms with E-state index in [1.54, 1.807) is 29.6 Å². The standard InChI is InChI=1S/C26H26N8O2/c1-34-13-22(30-15-34)26(35)32-17-5-2-4-16(8-17)9-18-10-21(23-6-3-7-36-23)33-25(31-18)20-12-28-24-19(20)11-27-14-29-24/h3,6-7,10-17H,2,4-5,8-9H2,1H3,(H,32,35)(H,27,28,29). The highest BCUT2D eigenvalue weighted by Gasteiger charge is 2.25. The van der Waals surface area contributed by atoms with Crippen molar-refractivity contribution in [1.29, 1.82) is 0 Å². The quantitative estimate of drug-likeness (QED) is 0.375. The molecule has 0 radical (unpaired) electrons. The van der Waals surface area contributed by atoms with Gasteiger partial charge in [0.2, 0.25) is 0 Å². The smallest absolute Gasteiger partial charge is 0.271 e. The predicted octanol–water partition coefficient (Wildman–Crippen LogP) is 3.94. The third-order valence-corrected chi connectivity index (χ3v) is 6.70. The van der Waals surface area contributed by atoms with Gasteiger partial charge in [-0.05, 0) is 49.8 Å². The van der Waals surface area contributed by atoms with Crippen LogP contribution in [0.4, 0.5) is 0 Å². The van der Waals surface area contributed by atoms with Crippen molar-refractivity contribution >= 4 is 16.9 Å². The molecule has 0 aromatic carbocycles. The molecule has 2 unspecified atom stereocenters. The number of rotatable bonds is 6. The maximum Gasteiger partial charge on any atom is 0.271 e. The normalized spacial score (nSPS) is 17.9. The molecule has 0 spiro atoms. The SMILES string of the molecule is Cn1cnc(C(=O)NC2CCCC(Cc3cc(-c4ccco4)nc(-c4c[nH]c5ncncc45)n3)C2)c1. The molecule has 1 aliphatic carbocycles. The zero-order chi connectivity index (χ0) is 24.5. The van der Waals surface area contributed by atoms with Crippen LogP contribution < -0.4 is 5.32 Å². The molecule has 1 aliphatic rings. The average molecular weight is 483 g/mol. The molecule has 10 heteroatoms. The van der Waals surface area contributed by atoms with E-state index in [0.717, 1.165) is 60.1 Å². The lowest BCUT2D eigenvalue weighted by atomic mass is 9.83. The number of aromatic nitrogens is 7. The second-order valence-corrected chi connectivity index (χ2v) is 9.36. The first-order valence-electron chi connectivity index (χ1n) is 12.1. The summed E-state index contributed by atoms with van der Waals surface area (Å²) in [6.45, 7) is 0. The summed E-state index contributed by atoms with van der Waals surface area (Å²) in [7, 11) is 1.86. The summed E-state index contributed by atoms with van der Waals surface area (Å²) >= 11 is 0. The number of aromatic amines is 1. The van der Waals surface area contributed by atoms with Crippen LogP contribution in [0, 0.1) is 5.92 Å². The molecule has 5 heterocycles. The van der Waals surface area contributed by atoms with Crippen LogP contribution >= 0.6 is 0 Å². The number of carbonyl (C=O) groups excluding carboxylic acids is 1. The zero-order valence-electron chi connectivity index (χ0n) is 19.9. The van der Waals surface area contributed by atoms with Gasteiger partial charge in [-0.1, -0.05) is 6.42 Å². The van der Waals surface area contributed by atoms with Gasteiger partial charge in [-0.2, -0.15) is 0 Å². The molecule has 0 bridgehead atoms. The monoisotopic (exact) mass is 482 g/mol. The Balaban J connectivity index is 1.25. The maximum atomic E-state index is 12.6. The molecule has 1 saturated carbocycles.